The monoisotopic (exact) mass is 214 g/mol. The molecule has 1 N–H and O–H groups in total. The summed E-state index contributed by atoms with van der Waals surface area (Å²) in [5.41, 5.74) is 1.20. The molecule has 0 fully saturated rings. The molecule has 2 rings (SSSR count). The predicted octanol–water partition coefficient (Wildman–Crippen LogP) is 1.94. The lowest BCUT2D eigenvalue weighted by molar-refractivity contribution is 0.715. The van der Waals surface area contributed by atoms with Crippen LogP contribution in [0.25, 0.3) is 6.08 Å². The quantitative estimate of drug-likeness (QED) is 0.845. The molecule has 0 saturated carbocycles. The van der Waals surface area contributed by atoms with Crippen molar-refractivity contribution in [2.24, 2.45) is 7.05 Å². The van der Waals surface area contributed by atoms with Gasteiger partial charge in [-0.1, -0.05) is 47.7 Å². The summed E-state index contributed by atoms with van der Waals surface area (Å²) in [6.07, 6.45) is 5.98. The minimum atomic E-state index is 0.744. The van der Waals surface area contributed by atoms with Gasteiger partial charge in [0.1, 0.15) is 0 Å². The van der Waals surface area contributed by atoms with E-state index >= 15 is 0 Å². The fourth-order valence-electron chi connectivity index (χ4n) is 1.35. The summed E-state index contributed by atoms with van der Waals surface area (Å²) in [5.74, 6) is 0.792. The van der Waals surface area contributed by atoms with Gasteiger partial charge in [0.25, 0.3) is 0 Å². The van der Waals surface area contributed by atoms with Crippen molar-refractivity contribution in [1.29, 1.82) is 0 Å². The average molecular weight is 214 g/mol. The molecule has 0 radical (unpaired) electrons. The summed E-state index contributed by atoms with van der Waals surface area (Å²) in [7, 11) is 1.85. The molecular weight excluding hydrogens is 200 g/mol. The Morgan fingerprint density at radius 2 is 2.12 bits per heavy atom. The molecule has 1 aromatic carbocycles. The molecule has 4 nitrogen and oxygen atoms in total. The Kier molecular flexibility index (Phi) is 3.33. The summed E-state index contributed by atoms with van der Waals surface area (Å²) < 4.78 is 1.67. The van der Waals surface area contributed by atoms with Crippen LogP contribution in [0.2, 0.25) is 0 Å². The molecule has 82 valence electrons. The number of hydrogen-bond acceptors (Lipinski definition) is 3. The van der Waals surface area contributed by atoms with E-state index in [4.69, 9.17) is 0 Å². The number of benzene rings is 1. The molecule has 1 heterocycles. The van der Waals surface area contributed by atoms with Crippen molar-refractivity contribution in [3.8, 4) is 0 Å². The second kappa shape index (κ2) is 5.11. The lowest BCUT2D eigenvalue weighted by atomic mass is 10.2. The van der Waals surface area contributed by atoms with Gasteiger partial charge in [-0.05, 0) is 5.56 Å². The number of nitrogens with zero attached hydrogens (tertiary/aromatic N) is 3. The van der Waals surface area contributed by atoms with Crippen LogP contribution in [0.4, 0.5) is 5.82 Å². The van der Waals surface area contributed by atoms with Crippen LogP contribution in [-0.2, 0) is 7.05 Å². The largest absolute Gasteiger partial charge is 0.364 e. The first kappa shape index (κ1) is 10.4. The molecular formula is C12H14N4. The van der Waals surface area contributed by atoms with E-state index < -0.39 is 0 Å². The second-order valence-electron chi connectivity index (χ2n) is 3.47. The Morgan fingerprint density at radius 3 is 2.81 bits per heavy atom. The van der Waals surface area contributed by atoms with Crippen LogP contribution in [0.5, 0.6) is 0 Å². The van der Waals surface area contributed by atoms with Crippen LogP contribution in [0.1, 0.15) is 5.56 Å². The molecule has 0 bridgehead atoms. The van der Waals surface area contributed by atoms with Crippen molar-refractivity contribution < 1.29 is 0 Å². The zero-order valence-corrected chi connectivity index (χ0v) is 9.17. The average Bonchev–Trinajstić information content (AvgIpc) is 2.72. The first-order valence-corrected chi connectivity index (χ1v) is 5.16. The van der Waals surface area contributed by atoms with Gasteiger partial charge in [-0.2, -0.15) is 0 Å². The van der Waals surface area contributed by atoms with Gasteiger partial charge in [-0.3, -0.25) is 4.68 Å². The first-order chi connectivity index (χ1) is 7.84. The summed E-state index contributed by atoms with van der Waals surface area (Å²) in [5, 5.41) is 10.9. The van der Waals surface area contributed by atoms with Crippen LogP contribution in [0.15, 0.2) is 42.6 Å². The fraction of sp³-hybridized carbons (Fsp3) is 0.167. The smallest absolute Gasteiger partial charge is 0.168 e. The highest BCUT2D eigenvalue weighted by molar-refractivity contribution is 5.49. The second-order valence-corrected chi connectivity index (χ2v) is 3.47. The van der Waals surface area contributed by atoms with Gasteiger partial charge in [-0.25, -0.2) is 0 Å². The van der Waals surface area contributed by atoms with Crippen molar-refractivity contribution in [1.82, 2.24) is 15.0 Å². The van der Waals surface area contributed by atoms with E-state index in [-0.39, 0.29) is 0 Å². The van der Waals surface area contributed by atoms with Gasteiger partial charge in [0, 0.05) is 13.6 Å². The maximum atomic E-state index is 3.93. The third-order valence-electron chi connectivity index (χ3n) is 2.11. The van der Waals surface area contributed by atoms with Crippen LogP contribution in [0, 0.1) is 0 Å². The molecule has 4 heteroatoms. The lowest BCUT2D eigenvalue weighted by Crippen LogP contribution is -1.97. The Labute approximate surface area is 94.6 Å². The maximum Gasteiger partial charge on any atom is 0.168 e. The molecule has 1 aromatic heterocycles. The van der Waals surface area contributed by atoms with Gasteiger partial charge >= 0.3 is 0 Å². The molecule has 0 amide bonds. The first-order valence-electron chi connectivity index (χ1n) is 5.16. The lowest BCUT2D eigenvalue weighted by Gasteiger charge is -1.95. The van der Waals surface area contributed by atoms with Crippen molar-refractivity contribution in [3.05, 3.63) is 48.2 Å². The van der Waals surface area contributed by atoms with Crippen LogP contribution in [-0.4, -0.2) is 21.5 Å². The third-order valence-corrected chi connectivity index (χ3v) is 2.11. The zero-order chi connectivity index (χ0) is 11.2. The highest BCUT2D eigenvalue weighted by Gasteiger charge is 1.93. The minimum Gasteiger partial charge on any atom is -0.364 e. The molecule has 0 aliphatic rings. The summed E-state index contributed by atoms with van der Waals surface area (Å²) in [6, 6.07) is 10.2. The number of aryl methyl sites for hydroxylation is 1. The number of nitrogens with one attached hydrogen (secondary N) is 1. The SMILES string of the molecule is Cn1cc(NCC=Cc2ccccc2)nn1. The highest BCUT2D eigenvalue weighted by Crippen LogP contribution is 2.01. The number of rotatable bonds is 4. The van der Waals surface area contributed by atoms with Crippen molar-refractivity contribution in [2.45, 2.75) is 0 Å². The van der Waals surface area contributed by atoms with Gasteiger partial charge in [0.2, 0.25) is 0 Å². The standard InChI is InChI=1S/C12H14N4/c1-16-10-12(14-15-16)13-9-5-8-11-6-3-2-4-7-11/h2-8,10,13H,9H2,1H3. The summed E-state index contributed by atoms with van der Waals surface area (Å²) >= 11 is 0. The van der Waals surface area contributed by atoms with E-state index in [0.29, 0.717) is 0 Å². The van der Waals surface area contributed by atoms with Crippen molar-refractivity contribution in [2.75, 3.05) is 11.9 Å². The molecule has 16 heavy (non-hydrogen) atoms. The van der Waals surface area contributed by atoms with Crippen molar-refractivity contribution in [3.63, 3.8) is 0 Å². The van der Waals surface area contributed by atoms with Gasteiger partial charge in [0.05, 0.1) is 6.20 Å². The maximum absolute atomic E-state index is 3.93. The number of anilines is 1. The van der Waals surface area contributed by atoms with E-state index in [0.717, 1.165) is 12.4 Å². The van der Waals surface area contributed by atoms with Crippen LogP contribution in [0.3, 0.4) is 0 Å². The molecule has 0 unspecified atom stereocenters. The predicted molar refractivity (Wildman–Crippen MR) is 65.0 cm³/mol. The molecule has 0 atom stereocenters. The molecule has 0 aliphatic carbocycles. The van der Waals surface area contributed by atoms with Gasteiger partial charge in [-0.15, -0.1) is 5.10 Å². The van der Waals surface area contributed by atoms with E-state index in [9.17, 15) is 0 Å². The Bertz CT molecular complexity index is 459. The Hall–Kier alpha value is -2.10. The minimum absolute atomic E-state index is 0.744. The molecule has 0 saturated heterocycles. The Balaban J connectivity index is 1.82. The van der Waals surface area contributed by atoms with Gasteiger partial charge in [0.15, 0.2) is 5.82 Å². The van der Waals surface area contributed by atoms with E-state index in [2.05, 4.69) is 39.9 Å². The topological polar surface area (TPSA) is 42.7 Å². The fourth-order valence-corrected chi connectivity index (χ4v) is 1.35. The summed E-state index contributed by atoms with van der Waals surface area (Å²) in [6.45, 7) is 0.744. The van der Waals surface area contributed by atoms with E-state index in [1.165, 1.54) is 5.56 Å². The van der Waals surface area contributed by atoms with E-state index in [1.54, 1.807) is 4.68 Å². The molecule has 0 spiro atoms. The molecule has 0 aliphatic heterocycles. The van der Waals surface area contributed by atoms with Crippen LogP contribution >= 0.6 is 0 Å². The summed E-state index contributed by atoms with van der Waals surface area (Å²) in [4.78, 5) is 0. The molecule has 2 aromatic rings. The number of hydrogen-bond donors (Lipinski definition) is 1. The van der Waals surface area contributed by atoms with Crippen molar-refractivity contribution >= 4 is 11.9 Å². The third kappa shape index (κ3) is 2.95. The normalized spacial score (nSPS) is 10.8. The van der Waals surface area contributed by atoms with E-state index in [1.807, 2.05) is 31.4 Å². The number of aromatic nitrogens is 3. The highest BCUT2D eigenvalue weighted by atomic mass is 15.4. The zero-order valence-electron chi connectivity index (χ0n) is 9.17. The van der Waals surface area contributed by atoms with Crippen LogP contribution < -0.4 is 5.32 Å². The van der Waals surface area contributed by atoms with Gasteiger partial charge < -0.3 is 5.32 Å². The Morgan fingerprint density at radius 1 is 1.31 bits per heavy atom.